The van der Waals surface area contributed by atoms with Gasteiger partial charge in [0, 0.05) is 18.7 Å². The van der Waals surface area contributed by atoms with Crippen LogP contribution in [0.2, 0.25) is 0 Å². The number of hydrogen-bond acceptors (Lipinski definition) is 4. The molecule has 1 aromatic rings. The number of fused-ring (bicyclic) bond motifs is 1. The highest BCUT2D eigenvalue weighted by Crippen LogP contribution is 2.39. The molecule has 2 aliphatic rings. The number of benzene rings is 1. The van der Waals surface area contributed by atoms with E-state index in [1.807, 2.05) is 0 Å². The molecular formula is C15H20N2O4S. The number of nitro benzene ring substituents is 1. The van der Waals surface area contributed by atoms with Gasteiger partial charge in [0.1, 0.15) is 0 Å². The number of nitrogens with zero attached hydrogens (tertiary/aromatic N) is 2. The molecule has 0 radical (unpaired) electrons. The van der Waals surface area contributed by atoms with Crippen LogP contribution in [0.1, 0.15) is 38.5 Å². The predicted octanol–water partition coefficient (Wildman–Crippen LogP) is 2.94. The normalized spacial score (nSPS) is 26.4. The first kappa shape index (κ1) is 15.4. The highest BCUT2D eigenvalue weighted by molar-refractivity contribution is 7.89. The molecule has 6 nitrogen and oxygen atoms in total. The molecule has 1 heterocycles. The number of nitro groups is 1. The zero-order chi connectivity index (χ0) is 15.7. The van der Waals surface area contributed by atoms with Gasteiger partial charge in [0.15, 0.2) is 4.90 Å². The van der Waals surface area contributed by atoms with Gasteiger partial charge >= 0.3 is 0 Å². The average molecular weight is 324 g/mol. The minimum atomic E-state index is -3.82. The van der Waals surface area contributed by atoms with Crippen molar-refractivity contribution < 1.29 is 13.3 Å². The summed E-state index contributed by atoms with van der Waals surface area (Å²) in [6.07, 6.45) is 6.01. The van der Waals surface area contributed by atoms with Gasteiger partial charge < -0.3 is 0 Å². The van der Waals surface area contributed by atoms with Gasteiger partial charge in [0.25, 0.3) is 5.69 Å². The minimum absolute atomic E-state index is 0.00677. The molecule has 1 saturated heterocycles. The molecule has 0 aromatic heterocycles. The number of piperidine rings is 1. The molecule has 3 rings (SSSR count). The molecule has 0 spiro atoms. The second kappa shape index (κ2) is 5.96. The van der Waals surface area contributed by atoms with E-state index in [1.165, 1.54) is 22.5 Å². The Balaban J connectivity index is 2.00. The van der Waals surface area contributed by atoms with Gasteiger partial charge in [-0.05, 0) is 37.7 Å². The van der Waals surface area contributed by atoms with Gasteiger partial charge in [-0.1, -0.05) is 25.0 Å². The zero-order valence-electron chi connectivity index (χ0n) is 12.3. The number of sulfonamides is 1. The van der Waals surface area contributed by atoms with Gasteiger partial charge in [-0.2, -0.15) is 4.31 Å². The topological polar surface area (TPSA) is 80.5 Å². The summed E-state index contributed by atoms with van der Waals surface area (Å²) in [7, 11) is -3.82. The zero-order valence-corrected chi connectivity index (χ0v) is 13.2. The maximum atomic E-state index is 13.0. The summed E-state index contributed by atoms with van der Waals surface area (Å²) in [6, 6.07) is 5.65. The van der Waals surface area contributed by atoms with E-state index in [-0.39, 0.29) is 16.6 Å². The standard InChI is InChI=1S/C15H20N2O4S/c18-17(19)14-9-3-4-10-15(14)22(20,21)16-11-5-7-12-6-1-2-8-13(12)16/h3-4,9-10,12-13H,1-2,5-8,11H2/t12-,13+/m0/s1. The molecule has 22 heavy (non-hydrogen) atoms. The van der Waals surface area contributed by atoms with Crippen LogP contribution in [-0.2, 0) is 10.0 Å². The van der Waals surface area contributed by atoms with E-state index in [2.05, 4.69) is 0 Å². The Morgan fingerprint density at radius 1 is 1.09 bits per heavy atom. The van der Waals surface area contributed by atoms with Crippen molar-refractivity contribution in [2.75, 3.05) is 6.54 Å². The van der Waals surface area contributed by atoms with Crippen molar-refractivity contribution in [1.82, 2.24) is 4.31 Å². The van der Waals surface area contributed by atoms with E-state index < -0.39 is 14.9 Å². The molecule has 0 bridgehead atoms. The molecule has 0 amide bonds. The summed E-state index contributed by atoms with van der Waals surface area (Å²) in [5, 5.41) is 11.2. The number of hydrogen-bond donors (Lipinski definition) is 0. The third kappa shape index (κ3) is 2.63. The van der Waals surface area contributed by atoms with Gasteiger partial charge in [-0.3, -0.25) is 10.1 Å². The fourth-order valence-corrected chi connectivity index (χ4v) is 5.74. The summed E-state index contributed by atoms with van der Waals surface area (Å²) in [4.78, 5) is 10.4. The summed E-state index contributed by atoms with van der Waals surface area (Å²) < 4.78 is 27.5. The van der Waals surface area contributed by atoms with Crippen LogP contribution in [0.3, 0.4) is 0 Å². The Kier molecular flexibility index (Phi) is 4.18. The van der Waals surface area contributed by atoms with Crippen molar-refractivity contribution in [1.29, 1.82) is 0 Å². The van der Waals surface area contributed by atoms with Crippen molar-refractivity contribution in [2.24, 2.45) is 5.92 Å². The first-order chi connectivity index (χ1) is 10.5. The van der Waals surface area contributed by atoms with E-state index in [9.17, 15) is 18.5 Å². The molecular weight excluding hydrogens is 304 g/mol. The van der Waals surface area contributed by atoms with E-state index in [4.69, 9.17) is 0 Å². The maximum Gasteiger partial charge on any atom is 0.289 e. The van der Waals surface area contributed by atoms with E-state index in [0.29, 0.717) is 12.5 Å². The second-order valence-corrected chi connectivity index (χ2v) is 7.95. The molecule has 2 fully saturated rings. The Morgan fingerprint density at radius 3 is 2.55 bits per heavy atom. The molecule has 2 atom stereocenters. The number of rotatable bonds is 3. The molecule has 0 N–H and O–H groups in total. The molecule has 0 unspecified atom stereocenters. The van der Waals surface area contributed by atoms with Crippen LogP contribution in [0.25, 0.3) is 0 Å². The van der Waals surface area contributed by atoms with Crippen molar-refractivity contribution in [3.8, 4) is 0 Å². The second-order valence-electron chi connectivity index (χ2n) is 6.09. The fourth-order valence-electron chi connectivity index (χ4n) is 3.83. The molecule has 1 aliphatic heterocycles. The average Bonchev–Trinajstić information content (AvgIpc) is 2.54. The minimum Gasteiger partial charge on any atom is -0.258 e. The van der Waals surface area contributed by atoms with Crippen LogP contribution in [0.5, 0.6) is 0 Å². The van der Waals surface area contributed by atoms with Crippen molar-refractivity contribution in [2.45, 2.75) is 49.5 Å². The lowest BCUT2D eigenvalue weighted by Crippen LogP contribution is -2.49. The summed E-state index contributed by atoms with van der Waals surface area (Å²) in [5.41, 5.74) is -0.333. The molecule has 1 saturated carbocycles. The molecule has 1 aliphatic carbocycles. The summed E-state index contributed by atoms with van der Waals surface area (Å²) in [5.74, 6) is 0.403. The van der Waals surface area contributed by atoms with Gasteiger partial charge in [-0.25, -0.2) is 8.42 Å². The maximum absolute atomic E-state index is 13.0. The van der Waals surface area contributed by atoms with Crippen molar-refractivity contribution >= 4 is 15.7 Å². The Labute approximate surface area is 130 Å². The lowest BCUT2D eigenvalue weighted by atomic mass is 9.79. The monoisotopic (exact) mass is 324 g/mol. The van der Waals surface area contributed by atoms with E-state index in [0.717, 1.165) is 38.5 Å². The van der Waals surface area contributed by atoms with E-state index >= 15 is 0 Å². The Bertz CT molecular complexity index is 672. The molecule has 1 aromatic carbocycles. The van der Waals surface area contributed by atoms with Crippen LogP contribution < -0.4 is 0 Å². The van der Waals surface area contributed by atoms with Crippen LogP contribution in [0.4, 0.5) is 5.69 Å². The Morgan fingerprint density at radius 2 is 1.77 bits per heavy atom. The first-order valence-electron chi connectivity index (χ1n) is 7.77. The van der Waals surface area contributed by atoms with Crippen molar-refractivity contribution in [3.63, 3.8) is 0 Å². The van der Waals surface area contributed by atoms with Crippen LogP contribution in [0.15, 0.2) is 29.2 Å². The van der Waals surface area contributed by atoms with Crippen molar-refractivity contribution in [3.05, 3.63) is 34.4 Å². The molecule has 7 heteroatoms. The van der Waals surface area contributed by atoms with Crippen LogP contribution in [-0.4, -0.2) is 30.2 Å². The fraction of sp³-hybridized carbons (Fsp3) is 0.600. The predicted molar refractivity (Wildman–Crippen MR) is 82.0 cm³/mol. The SMILES string of the molecule is O=[N+]([O-])c1ccccc1S(=O)(=O)N1CCC[C@@H]2CCCC[C@H]21. The largest absolute Gasteiger partial charge is 0.289 e. The molecule has 120 valence electrons. The number of para-hydroxylation sites is 1. The third-order valence-corrected chi connectivity index (χ3v) is 6.81. The van der Waals surface area contributed by atoms with Gasteiger partial charge in [0.05, 0.1) is 4.92 Å². The summed E-state index contributed by atoms with van der Waals surface area (Å²) >= 11 is 0. The first-order valence-corrected chi connectivity index (χ1v) is 9.21. The lowest BCUT2D eigenvalue weighted by Gasteiger charge is -2.42. The smallest absolute Gasteiger partial charge is 0.258 e. The lowest BCUT2D eigenvalue weighted by molar-refractivity contribution is -0.387. The third-order valence-electron chi connectivity index (χ3n) is 4.84. The highest BCUT2D eigenvalue weighted by atomic mass is 32.2. The summed E-state index contributed by atoms with van der Waals surface area (Å²) in [6.45, 7) is 0.468. The van der Waals surface area contributed by atoms with Crippen LogP contribution in [0, 0.1) is 16.0 Å². The van der Waals surface area contributed by atoms with Gasteiger partial charge in [-0.15, -0.1) is 0 Å². The van der Waals surface area contributed by atoms with Gasteiger partial charge in [0.2, 0.25) is 10.0 Å². The van der Waals surface area contributed by atoms with E-state index in [1.54, 1.807) is 6.07 Å². The van der Waals surface area contributed by atoms with Crippen LogP contribution >= 0.6 is 0 Å². The Hall–Kier alpha value is -1.47. The quantitative estimate of drug-likeness (QED) is 0.632. The highest BCUT2D eigenvalue weighted by Gasteiger charge is 2.41.